The Bertz CT molecular complexity index is 571. The van der Waals surface area contributed by atoms with Crippen LogP contribution in [0.2, 0.25) is 0 Å². The maximum atomic E-state index is 12.3. The first-order valence-corrected chi connectivity index (χ1v) is 7.92. The van der Waals surface area contributed by atoms with E-state index in [4.69, 9.17) is 5.11 Å². The highest BCUT2D eigenvalue weighted by molar-refractivity contribution is 9.10. The quantitative estimate of drug-likeness (QED) is 0.854. The highest BCUT2D eigenvalue weighted by Crippen LogP contribution is 2.23. The van der Waals surface area contributed by atoms with Crippen molar-refractivity contribution in [3.05, 3.63) is 28.2 Å². The average Bonchev–Trinajstić information content (AvgIpc) is 2.31. The van der Waals surface area contributed by atoms with Crippen molar-refractivity contribution in [2.75, 3.05) is 13.6 Å². The van der Waals surface area contributed by atoms with Gasteiger partial charge in [0.1, 0.15) is 0 Å². The molecule has 106 valence electrons. The molecule has 0 saturated heterocycles. The first-order chi connectivity index (χ1) is 8.75. The molecule has 19 heavy (non-hydrogen) atoms. The smallest absolute Gasteiger partial charge is 0.303 e. The Morgan fingerprint density at radius 2 is 2.05 bits per heavy atom. The minimum atomic E-state index is -3.58. The number of carboxylic acid groups (broad SMARTS) is 1. The van der Waals surface area contributed by atoms with E-state index >= 15 is 0 Å². The minimum Gasteiger partial charge on any atom is -0.481 e. The van der Waals surface area contributed by atoms with Gasteiger partial charge in [-0.3, -0.25) is 4.79 Å². The van der Waals surface area contributed by atoms with Crippen LogP contribution in [-0.4, -0.2) is 37.4 Å². The van der Waals surface area contributed by atoms with E-state index in [1.807, 2.05) is 0 Å². The number of aliphatic carboxylic acids is 1. The maximum Gasteiger partial charge on any atom is 0.303 e. The standard InChI is InChI=1S/C12H16BrNO4S/c1-9-5-6-10(13)8-11(9)19(17,18)14(2)7-3-4-12(15)16/h5-6,8H,3-4,7H2,1-2H3,(H,15,16). The van der Waals surface area contributed by atoms with Crippen molar-refractivity contribution >= 4 is 31.9 Å². The van der Waals surface area contributed by atoms with E-state index in [2.05, 4.69) is 15.9 Å². The zero-order chi connectivity index (χ0) is 14.6. The summed E-state index contributed by atoms with van der Waals surface area (Å²) in [5.41, 5.74) is 0.660. The van der Waals surface area contributed by atoms with Gasteiger partial charge in [-0.2, -0.15) is 0 Å². The van der Waals surface area contributed by atoms with Crippen molar-refractivity contribution in [3.63, 3.8) is 0 Å². The molecule has 0 amide bonds. The van der Waals surface area contributed by atoms with E-state index in [0.29, 0.717) is 10.0 Å². The second-order valence-electron chi connectivity index (χ2n) is 4.23. The summed E-state index contributed by atoms with van der Waals surface area (Å²) < 4.78 is 26.6. The summed E-state index contributed by atoms with van der Waals surface area (Å²) in [6.07, 6.45) is 0.245. The molecule has 0 unspecified atom stereocenters. The molecular formula is C12H16BrNO4S. The predicted octanol–water partition coefficient (Wildman–Crippen LogP) is 2.24. The van der Waals surface area contributed by atoms with Crippen LogP contribution in [0, 0.1) is 6.92 Å². The van der Waals surface area contributed by atoms with E-state index in [0.717, 1.165) is 0 Å². The molecule has 1 rings (SSSR count). The first kappa shape index (κ1) is 16.1. The van der Waals surface area contributed by atoms with Gasteiger partial charge >= 0.3 is 5.97 Å². The Hall–Kier alpha value is -0.920. The lowest BCUT2D eigenvalue weighted by molar-refractivity contribution is -0.137. The van der Waals surface area contributed by atoms with Crippen LogP contribution in [0.1, 0.15) is 18.4 Å². The van der Waals surface area contributed by atoms with E-state index in [1.165, 1.54) is 11.4 Å². The molecule has 0 spiro atoms. The van der Waals surface area contributed by atoms with E-state index in [-0.39, 0.29) is 24.3 Å². The highest BCUT2D eigenvalue weighted by atomic mass is 79.9. The lowest BCUT2D eigenvalue weighted by Crippen LogP contribution is -2.28. The molecule has 1 aromatic rings. The van der Waals surface area contributed by atoms with Gasteiger partial charge in [0.25, 0.3) is 0 Å². The zero-order valence-electron chi connectivity index (χ0n) is 10.8. The molecule has 1 N–H and O–H groups in total. The maximum absolute atomic E-state index is 12.3. The van der Waals surface area contributed by atoms with E-state index in [1.54, 1.807) is 25.1 Å². The molecule has 0 heterocycles. The van der Waals surface area contributed by atoms with Crippen LogP contribution >= 0.6 is 15.9 Å². The summed E-state index contributed by atoms with van der Waals surface area (Å²) in [7, 11) is -2.12. The van der Waals surface area contributed by atoms with Crippen molar-refractivity contribution in [1.29, 1.82) is 0 Å². The molecule has 5 nitrogen and oxygen atoms in total. The number of nitrogens with zero attached hydrogens (tertiary/aromatic N) is 1. The summed E-state index contributed by atoms with van der Waals surface area (Å²) in [5, 5.41) is 8.55. The second-order valence-corrected chi connectivity index (χ2v) is 7.16. The summed E-state index contributed by atoms with van der Waals surface area (Å²) in [4.78, 5) is 10.7. The number of sulfonamides is 1. The number of halogens is 1. The summed E-state index contributed by atoms with van der Waals surface area (Å²) in [6.45, 7) is 1.91. The fraction of sp³-hybridized carbons (Fsp3) is 0.417. The lowest BCUT2D eigenvalue weighted by Gasteiger charge is -2.18. The van der Waals surface area contributed by atoms with Gasteiger partial charge < -0.3 is 5.11 Å². The van der Waals surface area contributed by atoms with Gasteiger partial charge in [-0.25, -0.2) is 12.7 Å². The van der Waals surface area contributed by atoms with Crippen LogP contribution in [0.25, 0.3) is 0 Å². The topological polar surface area (TPSA) is 74.7 Å². The Labute approximate surface area is 121 Å². The molecule has 1 aromatic carbocycles. The SMILES string of the molecule is Cc1ccc(Br)cc1S(=O)(=O)N(C)CCCC(=O)O. The average molecular weight is 350 g/mol. The van der Waals surface area contributed by atoms with Crippen molar-refractivity contribution in [2.24, 2.45) is 0 Å². The van der Waals surface area contributed by atoms with Gasteiger partial charge in [0.2, 0.25) is 10.0 Å². The summed E-state index contributed by atoms with van der Waals surface area (Å²) >= 11 is 3.25. The van der Waals surface area contributed by atoms with Crippen LogP contribution in [0.15, 0.2) is 27.6 Å². The Balaban J connectivity index is 2.90. The molecule has 0 aliphatic heterocycles. The Morgan fingerprint density at radius 3 is 2.63 bits per heavy atom. The number of hydrogen-bond donors (Lipinski definition) is 1. The monoisotopic (exact) mass is 349 g/mol. The third-order valence-corrected chi connectivity index (χ3v) is 5.19. The number of carbonyl (C=O) groups is 1. The minimum absolute atomic E-state index is 0.0443. The summed E-state index contributed by atoms with van der Waals surface area (Å²) in [6, 6.07) is 5.05. The summed E-state index contributed by atoms with van der Waals surface area (Å²) in [5.74, 6) is -0.926. The van der Waals surface area contributed by atoms with Gasteiger partial charge in [-0.05, 0) is 31.0 Å². The van der Waals surface area contributed by atoms with Gasteiger partial charge in [-0.15, -0.1) is 0 Å². The lowest BCUT2D eigenvalue weighted by atomic mass is 10.2. The molecule has 0 aromatic heterocycles. The molecule has 0 bridgehead atoms. The van der Waals surface area contributed by atoms with Crippen LogP contribution in [0.5, 0.6) is 0 Å². The third kappa shape index (κ3) is 4.29. The van der Waals surface area contributed by atoms with Crippen LogP contribution in [0.4, 0.5) is 0 Å². The zero-order valence-corrected chi connectivity index (χ0v) is 13.2. The molecule has 0 saturated carbocycles. The van der Waals surface area contributed by atoms with Crippen LogP contribution in [-0.2, 0) is 14.8 Å². The predicted molar refractivity (Wildman–Crippen MR) is 75.6 cm³/mol. The van der Waals surface area contributed by atoms with Crippen molar-refractivity contribution < 1.29 is 18.3 Å². The Morgan fingerprint density at radius 1 is 1.42 bits per heavy atom. The molecule has 0 fully saturated rings. The number of hydrogen-bond acceptors (Lipinski definition) is 3. The van der Waals surface area contributed by atoms with Crippen molar-refractivity contribution in [2.45, 2.75) is 24.7 Å². The normalized spacial score (nSPS) is 11.8. The molecule has 0 atom stereocenters. The largest absolute Gasteiger partial charge is 0.481 e. The second kappa shape index (κ2) is 6.49. The van der Waals surface area contributed by atoms with Crippen LogP contribution in [0.3, 0.4) is 0 Å². The van der Waals surface area contributed by atoms with E-state index < -0.39 is 16.0 Å². The van der Waals surface area contributed by atoms with Crippen molar-refractivity contribution in [3.8, 4) is 0 Å². The highest BCUT2D eigenvalue weighted by Gasteiger charge is 2.22. The molecular weight excluding hydrogens is 334 g/mol. The number of rotatable bonds is 6. The molecule has 0 radical (unpaired) electrons. The fourth-order valence-electron chi connectivity index (χ4n) is 1.59. The van der Waals surface area contributed by atoms with Gasteiger partial charge in [0, 0.05) is 24.5 Å². The van der Waals surface area contributed by atoms with Crippen molar-refractivity contribution in [1.82, 2.24) is 4.31 Å². The number of carboxylic acids is 1. The number of benzene rings is 1. The van der Waals surface area contributed by atoms with Gasteiger partial charge in [0.05, 0.1) is 4.90 Å². The molecule has 7 heteroatoms. The Kier molecular flexibility index (Phi) is 5.51. The molecule has 0 aliphatic carbocycles. The molecule has 0 aliphatic rings. The first-order valence-electron chi connectivity index (χ1n) is 5.69. The third-order valence-electron chi connectivity index (χ3n) is 2.70. The van der Waals surface area contributed by atoms with Gasteiger partial charge in [0.15, 0.2) is 0 Å². The number of aryl methyl sites for hydroxylation is 1. The van der Waals surface area contributed by atoms with E-state index in [9.17, 15) is 13.2 Å². The fourth-order valence-corrected chi connectivity index (χ4v) is 3.56. The van der Waals surface area contributed by atoms with Crippen LogP contribution < -0.4 is 0 Å². The van der Waals surface area contributed by atoms with Gasteiger partial charge in [-0.1, -0.05) is 22.0 Å².